The van der Waals surface area contributed by atoms with Crippen molar-refractivity contribution in [3.8, 4) is 27.6 Å². The summed E-state index contributed by atoms with van der Waals surface area (Å²) in [7, 11) is 2.22. The van der Waals surface area contributed by atoms with Gasteiger partial charge in [0, 0.05) is 16.7 Å². The van der Waals surface area contributed by atoms with Crippen LogP contribution in [-0.2, 0) is 7.05 Å². The first-order chi connectivity index (χ1) is 19.2. The predicted molar refractivity (Wildman–Crippen MR) is 171 cm³/mol. The molecule has 6 aromatic rings. The van der Waals surface area contributed by atoms with E-state index in [2.05, 4.69) is 137 Å². The van der Waals surface area contributed by atoms with Crippen LogP contribution in [0.1, 0.15) is 67.3 Å². The number of aryl methyl sites for hydroxylation is 4. The van der Waals surface area contributed by atoms with Crippen LogP contribution in [0.2, 0.25) is 0 Å². The normalized spacial score (nSPS) is 11.9. The first kappa shape index (κ1) is 26.5. The number of benzene rings is 4. The topological polar surface area (TPSA) is 21.7 Å². The zero-order valence-corrected chi connectivity index (χ0v) is 25.6. The van der Waals surface area contributed by atoms with E-state index in [4.69, 9.17) is 4.98 Å². The Labute approximate surface area is 241 Å². The van der Waals surface area contributed by atoms with E-state index in [1.807, 2.05) is 11.3 Å². The van der Waals surface area contributed by atoms with Crippen molar-refractivity contribution in [2.24, 2.45) is 7.05 Å². The highest BCUT2D eigenvalue weighted by Gasteiger charge is 2.33. The molecule has 40 heavy (non-hydrogen) atoms. The SMILES string of the molecule is Cc1cccc(C)c1-c1nc2ccc(C)c(-c3n(-c4c(C(C)C)cccc4C(C)C)c4ccccc4[n+]3C)c2s1. The third kappa shape index (κ3) is 4.08. The summed E-state index contributed by atoms with van der Waals surface area (Å²) in [6.45, 7) is 15.8. The molecule has 2 heterocycles. The number of para-hydroxylation sites is 3. The van der Waals surface area contributed by atoms with Gasteiger partial charge < -0.3 is 0 Å². The Morgan fingerprint density at radius 2 is 1.30 bits per heavy atom. The molecule has 0 unspecified atom stereocenters. The summed E-state index contributed by atoms with van der Waals surface area (Å²) in [5, 5.41) is 1.09. The molecule has 0 fully saturated rings. The van der Waals surface area contributed by atoms with Gasteiger partial charge in [-0.15, -0.1) is 11.3 Å². The van der Waals surface area contributed by atoms with Gasteiger partial charge in [-0.3, -0.25) is 0 Å². The molecular formula is C36H38N3S+. The van der Waals surface area contributed by atoms with E-state index in [0.717, 1.165) is 10.5 Å². The minimum Gasteiger partial charge on any atom is -0.236 e. The number of rotatable bonds is 5. The Hall–Kier alpha value is -3.76. The highest BCUT2D eigenvalue weighted by molar-refractivity contribution is 7.22. The first-order valence-corrected chi connectivity index (χ1v) is 15.1. The minimum atomic E-state index is 0.393. The van der Waals surface area contributed by atoms with Crippen LogP contribution in [0.15, 0.2) is 72.8 Å². The van der Waals surface area contributed by atoms with E-state index < -0.39 is 0 Å². The van der Waals surface area contributed by atoms with Crippen LogP contribution in [-0.4, -0.2) is 9.55 Å². The van der Waals surface area contributed by atoms with E-state index >= 15 is 0 Å². The maximum absolute atomic E-state index is 5.21. The van der Waals surface area contributed by atoms with Crippen molar-refractivity contribution in [3.63, 3.8) is 0 Å². The van der Waals surface area contributed by atoms with Gasteiger partial charge in [0.2, 0.25) is 0 Å². The Balaban J connectivity index is 1.76. The van der Waals surface area contributed by atoms with Crippen molar-refractivity contribution in [2.75, 3.05) is 0 Å². The van der Waals surface area contributed by atoms with E-state index in [1.165, 1.54) is 66.2 Å². The molecule has 0 saturated carbocycles. The highest BCUT2D eigenvalue weighted by Crippen LogP contribution is 2.43. The van der Waals surface area contributed by atoms with Crippen LogP contribution < -0.4 is 4.57 Å². The molecule has 2 aromatic heterocycles. The largest absolute Gasteiger partial charge is 0.296 e. The number of imidazole rings is 1. The van der Waals surface area contributed by atoms with Gasteiger partial charge in [-0.05, 0) is 67.5 Å². The number of hydrogen-bond donors (Lipinski definition) is 0. The fourth-order valence-corrected chi connectivity index (χ4v) is 7.55. The van der Waals surface area contributed by atoms with Gasteiger partial charge in [-0.2, -0.15) is 4.57 Å². The molecule has 3 nitrogen and oxygen atoms in total. The van der Waals surface area contributed by atoms with Crippen molar-refractivity contribution >= 4 is 32.6 Å². The molecule has 202 valence electrons. The number of thiazole rings is 1. The van der Waals surface area contributed by atoms with Crippen LogP contribution in [0.5, 0.6) is 0 Å². The molecule has 0 radical (unpaired) electrons. The second-order valence-electron chi connectivity index (χ2n) is 11.7. The Morgan fingerprint density at radius 1 is 0.700 bits per heavy atom. The first-order valence-electron chi connectivity index (χ1n) is 14.3. The Bertz CT molecular complexity index is 1860. The summed E-state index contributed by atoms with van der Waals surface area (Å²) in [6, 6.07) is 26.6. The van der Waals surface area contributed by atoms with Gasteiger partial charge in [-0.25, -0.2) is 9.55 Å². The summed E-state index contributed by atoms with van der Waals surface area (Å²) in [6.07, 6.45) is 0. The summed E-state index contributed by atoms with van der Waals surface area (Å²) >= 11 is 1.82. The Morgan fingerprint density at radius 3 is 1.95 bits per heavy atom. The van der Waals surface area contributed by atoms with E-state index in [-0.39, 0.29) is 0 Å². The van der Waals surface area contributed by atoms with Crippen molar-refractivity contribution in [1.82, 2.24) is 9.55 Å². The molecule has 0 saturated heterocycles. The third-order valence-electron chi connectivity index (χ3n) is 8.26. The van der Waals surface area contributed by atoms with Crippen molar-refractivity contribution in [2.45, 2.75) is 60.3 Å². The molecule has 0 N–H and O–H groups in total. The van der Waals surface area contributed by atoms with Gasteiger partial charge in [0.25, 0.3) is 5.82 Å². The van der Waals surface area contributed by atoms with Crippen LogP contribution in [0, 0.1) is 20.8 Å². The molecule has 0 spiro atoms. The second-order valence-corrected chi connectivity index (χ2v) is 12.7. The smallest absolute Gasteiger partial charge is 0.236 e. The summed E-state index contributed by atoms with van der Waals surface area (Å²) < 4.78 is 6.17. The molecule has 0 amide bonds. The van der Waals surface area contributed by atoms with Gasteiger partial charge in [-0.1, -0.05) is 82.3 Å². The number of fused-ring (bicyclic) bond motifs is 2. The molecule has 0 aliphatic carbocycles. The van der Waals surface area contributed by atoms with Gasteiger partial charge >= 0.3 is 0 Å². The van der Waals surface area contributed by atoms with Gasteiger partial charge in [0.1, 0.15) is 10.7 Å². The summed E-state index contributed by atoms with van der Waals surface area (Å²) in [5.74, 6) is 1.99. The third-order valence-corrected chi connectivity index (χ3v) is 9.37. The van der Waals surface area contributed by atoms with Crippen LogP contribution in [0.25, 0.3) is 48.9 Å². The van der Waals surface area contributed by atoms with E-state index in [1.54, 1.807) is 0 Å². The standard InChI is InChI=1S/C36H38N3S/c1-21(2)26-15-12-16-27(22(3)4)33(26)39-30-18-10-9-17-29(30)38(8)36(39)32-25(7)19-20-28-34(32)40-35(37-28)31-23(5)13-11-14-24(31)6/h9-22H,1-8H3/q+1. The highest BCUT2D eigenvalue weighted by atomic mass is 32.1. The lowest BCUT2D eigenvalue weighted by Crippen LogP contribution is -2.30. The Kier molecular flexibility index (Phi) is 6.62. The molecular weight excluding hydrogens is 506 g/mol. The molecule has 0 aliphatic rings. The number of aromatic nitrogens is 3. The fourth-order valence-electron chi connectivity index (χ4n) is 6.22. The predicted octanol–water partition coefficient (Wildman–Crippen LogP) is 9.57. The van der Waals surface area contributed by atoms with Crippen LogP contribution in [0.3, 0.4) is 0 Å². The average Bonchev–Trinajstić information content (AvgIpc) is 3.47. The van der Waals surface area contributed by atoms with E-state index in [9.17, 15) is 0 Å². The molecule has 0 bridgehead atoms. The maximum atomic E-state index is 5.21. The lowest BCUT2D eigenvalue weighted by atomic mass is 9.92. The summed E-state index contributed by atoms with van der Waals surface area (Å²) in [5.41, 5.74) is 13.9. The fraction of sp³-hybridized carbons (Fsp3) is 0.278. The van der Waals surface area contributed by atoms with E-state index in [0.29, 0.717) is 11.8 Å². The monoisotopic (exact) mass is 544 g/mol. The second kappa shape index (κ2) is 10.0. The molecule has 0 atom stereocenters. The maximum Gasteiger partial charge on any atom is 0.296 e. The van der Waals surface area contributed by atoms with Crippen molar-refractivity contribution in [1.29, 1.82) is 0 Å². The zero-order chi connectivity index (χ0) is 28.3. The lowest BCUT2D eigenvalue weighted by molar-refractivity contribution is -0.633. The van der Waals surface area contributed by atoms with Gasteiger partial charge in [0.15, 0.2) is 11.0 Å². The quantitative estimate of drug-likeness (QED) is 0.198. The lowest BCUT2D eigenvalue weighted by Gasteiger charge is -2.18. The zero-order valence-electron chi connectivity index (χ0n) is 24.8. The number of nitrogens with zero attached hydrogens (tertiary/aromatic N) is 3. The molecule has 0 aliphatic heterocycles. The van der Waals surface area contributed by atoms with Crippen molar-refractivity contribution in [3.05, 3.63) is 101 Å². The van der Waals surface area contributed by atoms with Crippen LogP contribution >= 0.6 is 11.3 Å². The minimum absolute atomic E-state index is 0.393. The van der Waals surface area contributed by atoms with Crippen molar-refractivity contribution < 1.29 is 4.57 Å². The van der Waals surface area contributed by atoms with Gasteiger partial charge in [0.05, 0.1) is 22.8 Å². The van der Waals surface area contributed by atoms with Crippen LogP contribution in [0.4, 0.5) is 0 Å². The average molecular weight is 545 g/mol. The summed E-state index contributed by atoms with van der Waals surface area (Å²) in [4.78, 5) is 5.21. The molecule has 6 rings (SSSR count). The molecule has 4 heteroatoms. The number of hydrogen-bond acceptors (Lipinski definition) is 2. The molecule has 4 aromatic carbocycles.